The third-order valence-corrected chi connectivity index (χ3v) is 12.6. The van der Waals surface area contributed by atoms with Crippen LogP contribution in [0.1, 0.15) is 189 Å². The number of hydrogen-bond donors (Lipinski definition) is 9. The molecule has 0 radical (unpaired) electrons. The number of carboxylic acids is 4. The molecule has 24 heteroatoms. The van der Waals surface area contributed by atoms with Crippen molar-refractivity contribution in [3.8, 4) is 0 Å². The van der Waals surface area contributed by atoms with E-state index in [9.17, 15) is 68.1 Å². The molecular weight excluding hydrogens is 1020 g/mol. The van der Waals surface area contributed by atoms with Crippen LogP contribution in [0.2, 0.25) is 0 Å². The Morgan fingerprint density at radius 1 is 0.372 bits per heavy atom. The Hall–Kier alpha value is -5.59. The average Bonchev–Trinajstić information content (AvgIpc) is 3.38. The molecule has 0 aromatic carbocycles. The molecule has 0 aromatic rings. The molecule has 0 bridgehead atoms. The van der Waals surface area contributed by atoms with Gasteiger partial charge >= 0.3 is 23.9 Å². The second-order valence-corrected chi connectivity index (χ2v) is 19.5. The third-order valence-electron chi connectivity index (χ3n) is 12.6. The largest absolute Gasteiger partial charge is 0.481 e. The SMILES string of the molecule is CC(=O)[C@@H](C)CCCCNC(=O)COCCOCCNC(=O)COCCOCCCC(=O)CC[C@H](NC(=O)CC[C@H](NC(=O)CC[C@H](NC(=O)CCCCCCCCCCCCCCCCC(=O)O)C(=O)O)C(=O)O)C(=O)O.[HH]. The van der Waals surface area contributed by atoms with E-state index in [2.05, 4.69) is 26.6 Å². The molecule has 9 N–H and O–H groups in total. The van der Waals surface area contributed by atoms with Gasteiger partial charge in [0.1, 0.15) is 42.9 Å². The zero-order valence-electron chi connectivity index (χ0n) is 46.4. The van der Waals surface area contributed by atoms with Crippen LogP contribution in [0.15, 0.2) is 0 Å². The lowest BCUT2D eigenvalue weighted by Gasteiger charge is -2.18. The number of rotatable bonds is 55. The number of ether oxygens (including phenoxy) is 4. The lowest BCUT2D eigenvalue weighted by atomic mass is 10.0. The highest BCUT2D eigenvalue weighted by Gasteiger charge is 2.26. The molecule has 0 saturated carbocycles. The summed E-state index contributed by atoms with van der Waals surface area (Å²) in [5.74, 6) is -7.80. The number of carbonyl (C=O) groups is 11. The fraction of sp³-hybridized carbons (Fsp3) is 0.796. The van der Waals surface area contributed by atoms with Gasteiger partial charge in [-0.05, 0) is 58.3 Å². The summed E-state index contributed by atoms with van der Waals surface area (Å²) in [7, 11) is 0. The highest BCUT2D eigenvalue weighted by atomic mass is 16.5. The highest BCUT2D eigenvalue weighted by Crippen LogP contribution is 2.15. The summed E-state index contributed by atoms with van der Waals surface area (Å²) in [4.78, 5) is 131. The van der Waals surface area contributed by atoms with Gasteiger partial charge in [0.15, 0.2) is 0 Å². The molecule has 0 unspecified atom stereocenters. The van der Waals surface area contributed by atoms with Crippen LogP contribution < -0.4 is 26.6 Å². The van der Waals surface area contributed by atoms with Crippen LogP contribution in [-0.2, 0) is 71.7 Å². The van der Waals surface area contributed by atoms with Crippen molar-refractivity contribution in [3.63, 3.8) is 0 Å². The summed E-state index contributed by atoms with van der Waals surface area (Å²) < 4.78 is 21.3. The van der Waals surface area contributed by atoms with Crippen molar-refractivity contribution in [2.45, 2.75) is 205 Å². The van der Waals surface area contributed by atoms with Gasteiger partial charge in [0.25, 0.3) is 0 Å². The molecule has 4 atom stereocenters. The number of nitrogens with one attached hydrogen (secondary N) is 5. The van der Waals surface area contributed by atoms with E-state index in [0.29, 0.717) is 19.4 Å². The highest BCUT2D eigenvalue weighted by molar-refractivity contribution is 5.88. The van der Waals surface area contributed by atoms with Crippen LogP contribution in [0.25, 0.3) is 0 Å². The molecule has 0 aliphatic carbocycles. The molecule has 0 spiro atoms. The van der Waals surface area contributed by atoms with E-state index in [1.54, 1.807) is 6.92 Å². The molecule has 0 rings (SSSR count). The number of ketones is 2. The minimum absolute atomic E-state index is 0. The maximum absolute atomic E-state index is 12.6. The minimum Gasteiger partial charge on any atom is -0.481 e. The van der Waals surface area contributed by atoms with Gasteiger partial charge in [0.05, 0.1) is 33.0 Å². The van der Waals surface area contributed by atoms with Crippen molar-refractivity contribution in [3.05, 3.63) is 0 Å². The van der Waals surface area contributed by atoms with Crippen molar-refractivity contribution in [2.24, 2.45) is 5.92 Å². The summed E-state index contributed by atoms with van der Waals surface area (Å²) in [6, 6.07) is -4.38. The van der Waals surface area contributed by atoms with Crippen LogP contribution in [0.3, 0.4) is 0 Å². The van der Waals surface area contributed by atoms with E-state index in [0.717, 1.165) is 77.0 Å². The number of carboxylic acid groups (broad SMARTS) is 4. The molecule has 0 saturated heterocycles. The molecule has 5 amide bonds. The van der Waals surface area contributed by atoms with Crippen LogP contribution >= 0.6 is 0 Å². The maximum Gasteiger partial charge on any atom is 0.326 e. The van der Waals surface area contributed by atoms with Crippen LogP contribution in [0.5, 0.6) is 0 Å². The van der Waals surface area contributed by atoms with Crippen LogP contribution in [0.4, 0.5) is 0 Å². The first kappa shape index (κ1) is 72.4. The van der Waals surface area contributed by atoms with E-state index in [4.69, 9.17) is 24.1 Å². The van der Waals surface area contributed by atoms with Crippen LogP contribution in [0, 0.1) is 5.92 Å². The molecule has 0 aliphatic heterocycles. The Bertz CT molecular complexity index is 1780. The van der Waals surface area contributed by atoms with E-state index >= 15 is 0 Å². The first-order chi connectivity index (χ1) is 37.3. The molecule has 0 aliphatic rings. The quantitative estimate of drug-likeness (QED) is 0.0374. The second kappa shape index (κ2) is 48.5. The Labute approximate surface area is 461 Å². The summed E-state index contributed by atoms with van der Waals surface area (Å²) in [5, 5.41) is 49.9. The molecule has 24 nitrogen and oxygen atoms in total. The van der Waals surface area contributed by atoms with Gasteiger partial charge in [-0.1, -0.05) is 90.4 Å². The van der Waals surface area contributed by atoms with E-state index < -0.39 is 79.0 Å². The monoisotopic (exact) mass is 1120 g/mol. The number of unbranched alkanes of at least 4 members (excludes halogenated alkanes) is 14. The fourth-order valence-corrected chi connectivity index (χ4v) is 7.75. The summed E-state index contributed by atoms with van der Waals surface area (Å²) in [5.41, 5.74) is 0. The smallest absolute Gasteiger partial charge is 0.326 e. The lowest BCUT2D eigenvalue weighted by molar-refractivity contribution is -0.144. The third kappa shape index (κ3) is 45.4. The van der Waals surface area contributed by atoms with E-state index in [1.165, 1.54) is 25.7 Å². The predicted octanol–water partition coefficient (Wildman–Crippen LogP) is 4.65. The molecule has 0 aromatic heterocycles. The summed E-state index contributed by atoms with van der Waals surface area (Å²) >= 11 is 0. The number of hydrogen-bond acceptors (Lipinski definition) is 15. The van der Waals surface area contributed by atoms with Crippen molar-refractivity contribution < 1.29 is 93.5 Å². The first-order valence-corrected chi connectivity index (χ1v) is 28.0. The Kier molecular flexibility index (Phi) is 45.1. The van der Waals surface area contributed by atoms with Crippen LogP contribution in [-0.4, -0.2) is 169 Å². The van der Waals surface area contributed by atoms with Gasteiger partial charge in [0.2, 0.25) is 29.5 Å². The van der Waals surface area contributed by atoms with Gasteiger partial charge in [-0.25, -0.2) is 14.4 Å². The number of carbonyl (C=O) groups excluding carboxylic acids is 7. The number of amides is 5. The maximum atomic E-state index is 12.6. The number of Topliss-reactive ketones (excluding diaryl/α,β-unsaturated/α-hetero) is 2. The fourth-order valence-electron chi connectivity index (χ4n) is 7.75. The van der Waals surface area contributed by atoms with E-state index in [-0.39, 0.29) is 129 Å². The van der Waals surface area contributed by atoms with Gasteiger partial charge in [0, 0.05) is 65.6 Å². The predicted molar refractivity (Wildman–Crippen MR) is 287 cm³/mol. The standard InChI is InChI=1S/C54H93N5O19.H2/c1-40(41(2)60)20-17-18-30-55-49(65)38-78-37-35-76-33-31-56-50(66)39-77-36-34-75-32-19-21-42(61)24-25-43(52(69)70)58-47(63)29-27-45(54(73)74)59-48(64)28-26-44(53(71)72)57-46(62)22-15-13-11-9-7-5-3-4-6-8-10-12-14-16-23-51(67)68;/h40,43-45H,3-39H2,1-2H3,(H,55,65)(H,56,66)(H,57,62)(H,58,63)(H,59,64)(H,67,68)(H,69,70)(H,71,72)(H,73,74);1H/t40-,43-,44-,45-;/m0./s1. The second-order valence-electron chi connectivity index (χ2n) is 19.5. The molecule has 0 fully saturated rings. The molecular formula is C54H95N5O19. The number of aliphatic carboxylic acids is 4. The van der Waals surface area contributed by atoms with Gasteiger partial charge in [-0.15, -0.1) is 0 Å². The molecule has 450 valence electrons. The van der Waals surface area contributed by atoms with Crippen molar-refractivity contribution in [1.82, 2.24) is 26.6 Å². The topological polar surface area (TPSA) is 366 Å². The van der Waals surface area contributed by atoms with Crippen molar-refractivity contribution >= 4 is 65.0 Å². The van der Waals surface area contributed by atoms with Gasteiger partial charge in [-0.2, -0.15) is 0 Å². The average molecular weight is 1120 g/mol. The van der Waals surface area contributed by atoms with E-state index in [1.807, 2.05) is 6.92 Å². The van der Waals surface area contributed by atoms with Crippen molar-refractivity contribution in [1.29, 1.82) is 0 Å². The zero-order chi connectivity index (χ0) is 58.2. The molecule has 0 heterocycles. The Morgan fingerprint density at radius 2 is 0.756 bits per heavy atom. The Morgan fingerprint density at radius 3 is 1.19 bits per heavy atom. The molecule has 78 heavy (non-hydrogen) atoms. The summed E-state index contributed by atoms with van der Waals surface area (Å²) in [6.07, 6.45) is 15.3. The lowest BCUT2D eigenvalue weighted by Crippen LogP contribution is -2.45. The Balaban J connectivity index is 0. The summed E-state index contributed by atoms with van der Waals surface area (Å²) in [6.45, 7) is 5.04. The minimum atomic E-state index is -1.56. The zero-order valence-corrected chi connectivity index (χ0v) is 46.4. The first-order valence-electron chi connectivity index (χ1n) is 28.0. The van der Waals surface area contributed by atoms with Crippen molar-refractivity contribution in [2.75, 3.05) is 65.9 Å². The van der Waals surface area contributed by atoms with Gasteiger partial charge < -0.3 is 66.0 Å². The normalized spacial score (nSPS) is 12.6. The van der Waals surface area contributed by atoms with Gasteiger partial charge in [-0.3, -0.25) is 38.4 Å².